The monoisotopic (exact) mass is 712 g/mol. The van der Waals surface area contributed by atoms with E-state index in [1.54, 1.807) is 12.1 Å². The summed E-state index contributed by atoms with van der Waals surface area (Å²) in [6.07, 6.45) is 5.68. The Morgan fingerprint density at radius 3 is 1.85 bits per heavy atom. The fraction of sp³-hybridized carbons (Fsp3) is 0.690. The molecule has 4 heterocycles. The van der Waals surface area contributed by atoms with Crippen molar-refractivity contribution in [3.05, 3.63) is 46.5 Å². The van der Waals surface area contributed by atoms with Crippen molar-refractivity contribution in [1.82, 2.24) is 0 Å². The van der Waals surface area contributed by atoms with Crippen molar-refractivity contribution < 1.29 is 48.8 Å². The summed E-state index contributed by atoms with van der Waals surface area (Å²) in [6, 6.07) is 6.94. The number of quaternary nitrogens is 2. The number of likely N-dealkylation sites (tertiary alicyclic amines) is 2. The first-order valence-electron chi connectivity index (χ1n) is 20.2. The lowest BCUT2D eigenvalue weighted by atomic mass is 9.41. The van der Waals surface area contributed by atoms with E-state index >= 15 is 4.79 Å². The topological polar surface area (TPSA) is 137 Å². The number of phenols is 2. The second-order valence-corrected chi connectivity index (χ2v) is 19.9. The maximum absolute atomic E-state index is 15.4. The predicted molar refractivity (Wildman–Crippen MR) is 187 cm³/mol. The van der Waals surface area contributed by atoms with Crippen molar-refractivity contribution in [3.63, 3.8) is 0 Å². The molecule has 2 aromatic carbocycles. The summed E-state index contributed by atoms with van der Waals surface area (Å²) >= 11 is 0. The van der Waals surface area contributed by atoms with E-state index < -0.39 is 45.8 Å². The quantitative estimate of drug-likeness (QED) is 0.299. The normalized spacial score (nSPS) is 49.9. The molecule has 276 valence electrons. The van der Waals surface area contributed by atoms with Crippen LogP contribution in [-0.2, 0) is 28.5 Å². The van der Waals surface area contributed by atoms with Gasteiger partial charge in [-0.3, -0.25) is 4.79 Å². The molecule has 10 nitrogen and oxygen atoms in total. The third kappa shape index (κ3) is 3.27. The fourth-order valence-electron chi connectivity index (χ4n) is 15.0. The smallest absolute Gasteiger partial charge is 0.180 e. The Kier molecular flexibility index (Phi) is 5.53. The number of aromatic hydroxyl groups is 2. The average Bonchev–Trinajstić information content (AvgIpc) is 4.03. The SMILES string of the molecule is C[N+]1(CC2CC2)CC[C@]23c4c5ccc(O)c4O[C@H]2C(O)(C2C[C@@]4(O)[C@H]6Cc7ccc(O)c8c7[C@@]4(CC[N+]6(C)CC4CC4)[C@@H](O8)C2=O)CCC3(O)[C@H]1C5. The number of ether oxygens (including phenoxy) is 2. The summed E-state index contributed by atoms with van der Waals surface area (Å²) < 4.78 is 15.0. The van der Waals surface area contributed by atoms with Crippen LogP contribution in [0.1, 0.15) is 80.0 Å². The van der Waals surface area contributed by atoms with Crippen LogP contribution < -0.4 is 9.47 Å². The molecular weight excluding hydrogens is 660 g/mol. The van der Waals surface area contributed by atoms with E-state index in [1.807, 2.05) is 12.1 Å². The van der Waals surface area contributed by atoms with Gasteiger partial charge in [0.1, 0.15) is 35.0 Å². The molecule has 0 radical (unpaired) electrons. The molecule has 5 N–H and O–H groups in total. The van der Waals surface area contributed by atoms with E-state index in [0.29, 0.717) is 59.9 Å². The van der Waals surface area contributed by atoms with E-state index in [2.05, 4.69) is 14.1 Å². The molecule has 2 aromatic rings. The average molecular weight is 713 g/mol. The number of carbonyl (C=O) groups excluding carboxylic acids is 1. The molecule has 5 unspecified atom stereocenters. The number of nitrogens with zero attached hydrogens (tertiary/aromatic N) is 2. The lowest BCUT2D eigenvalue weighted by Crippen LogP contribution is -2.85. The number of aliphatic hydroxyl groups is 3. The number of carbonyl (C=O) groups is 1. The summed E-state index contributed by atoms with van der Waals surface area (Å²) in [7, 11) is 4.57. The van der Waals surface area contributed by atoms with Crippen LogP contribution in [-0.4, -0.2) is 122 Å². The van der Waals surface area contributed by atoms with Crippen molar-refractivity contribution in [3.8, 4) is 23.0 Å². The molecule has 2 saturated heterocycles. The molecular formula is C42H52N2O8+2. The van der Waals surface area contributed by atoms with E-state index in [9.17, 15) is 25.5 Å². The third-order valence-electron chi connectivity index (χ3n) is 17.5. The highest BCUT2D eigenvalue weighted by Crippen LogP contribution is 2.72. The van der Waals surface area contributed by atoms with Gasteiger partial charge in [-0.1, -0.05) is 12.1 Å². The second kappa shape index (κ2) is 9.14. The number of Topliss-reactive ketones (excluding diaryl/α,β-unsaturated/α-hetero) is 1. The third-order valence-corrected chi connectivity index (χ3v) is 17.5. The van der Waals surface area contributed by atoms with Crippen LogP contribution in [0.25, 0.3) is 0 Å². The van der Waals surface area contributed by atoms with Crippen molar-refractivity contribution in [2.24, 2.45) is 17.8 Å². The Morgan fingerprint density at radius 2 is 1.25 bits per heavy atom. The lowest BCUT2D eigenvalue weighted by Gasteiger charge is -2.69. The van der Waals surface area contributed by atoms with Gasteiger partial charge in [0.15, 0.2) is 34.9 Å². The zero-order valence-electron chi connectivity index (χ0n) is 30.3. The number of phenolic OH excluding ortho intramolecular Hbond substituents is 2. The van der Waals surface area contributed by atoms with Crippen molar-refractivity contribution >= 4 is 5.78 Å². The minimum atomic E-state index is -1.75. The van der Waals surface area contributed by atoms with Gasteiger partial charge in [0.25, 0.3) is 0 Å². The van der Waals surface area contributed by atoms with Crippen LogP contribution in [0.5, 0.6) is 23.0 Å². The Bertz CT molecular complexity index is 2010. The maximum Gasteiger partial charge on any atom is 0.180 e. The first kappa shape index (κ1) is 31.5. The number of ketones is 1. The zero-order valence-corrected chi connectivity index (χ0v) is 30.3. The van der Waals surface area contributed by atoms with Gasteiger partial charge in [-0.15, -0.1) is 0 Å². The first-order valence-corrected chi connectivity index (χ1v) is 20.2. The molecule has 4 aliphatic heterocycles. The zero-order chi connectivity index (χ0) is 35.6. The fourth-order valence-corrected chi connectivity index (χ4v) is 15.0. The molecule has 12 atom stereocenters. The van der Waals surface area contributed by atoms with Crippen LogP contribution in [0.2, 0.25) is 0 Å². The summed E-state index contributed by atoms with van der Waals surface area (Å²) in [5, 5.41) is 63.1. The van der Waals surface area contributed by atoms with Crippen molar-refractivity contribution in [2.45, 2.75) is 123 Å². The van der Waals surface area contributed by atoms with E-state index in [4.69, 9.17) is 9.47 Å². The molecule has 52 heavy (non-hydrogen) atoms. The first-order chi connectivity index (χ1) is 24.7. The number of piperidine rings is 2. The van der Waals surface area contributed by atoms with Crippen LogP contribution in [0.3, 0.4) is 0 Å². The minimum absolute atomic E-state index is 0.00781. The second-order valence-electron chi connectivity index (χ2n) is 19.9. The van der Waals surface area contributed by atoms with Gasteiger partial charge in [-0.05, 0) is 68.2 Å². The number of rotatable bonds is 5. The van der Waals surface area contributed by atoms with Gasteiger partial charge in [-0.2, -0.15) is 0 Å². The van der Waals surface area contributed by atoms with E-state index in [0.717, 1.165) is 52.9 Å². The molecule has 10 heteroatoms. The predicted octanol–water partition coefficient (Wildman–Crippen LogP) is 2.74. The number of benzene rings is 2. The molecule has 0 aromatic heterocycles. The van der Waals surface area contributed by atoms with E-state index in [1.165, 1.54) is 25.7 Å². The Hall–Kier alpha value is -2.89. The molecule has 4 bridgehead atoms. The highest BCUT2D eigenvalue weighted by Gasteiger charge is 2.84. The van der Waals surface area contributed by atoms with Crippen LogP contribution in [0.15, 0.2) is 24.3 Å². The number of hydrogen-bond acceptors (Lipinski definition) is 8. The summed E-state index contributed by atoms with van der Waals surface area (Å²) in [5.74, 6) is 0.609. The number of likely N-dealkylation sites (N-methyl/N-ethyl adjacent to an activating group) is 2. The number of hydrogen-bond donors (Lipinski definition) is 5. The van der Waals surface area contributed by atoms with Gasteiger partial charge in [0.2, 0.25) is 0 Å². The van der Waals surface area contributed by atoms with Crippen molar-refractivity contribution in [2.75, 3.05) is 40.3 Å². The van der Waals surface area contributed by atoms with Gasteiger partial charge < -0.3 is 44.0 Å². The van der Waals surface area contributed by atoms with Crippen molar-refractivity contribution in [1.29, 1.82) is 0 Å². The molecule has 4 saturated carbocycles. The summed E-state index contributed by atoms with van der Waals surface area (Å²) in [5.41, 5.74) is -2.71. The van der Waals surface area contributed by atoms with Gasteiger partial charge in [-0.25, -0.2) is 0 Å². The van der Waals surface area contributed by atoms with Crippen LogP contribution in [0.4, 0.5) is 0 Å². The molecule has 2 spiro atoms. The van der Waals surface area contributed by atoms with Gasteiger partial charge in [0.05, 0.1) is 57.0 Å². The van der Waals surface area contributed by atoms with Crippen LogP contribution >= 0.6 is 0 Å². The molecule has 6 fully saturated rings. The maximum atomic E-state index is 15.4. The Morgan fingerprint density at radius 1 is 0.712 bits per heavy atom. The highest BCUT2D eigenvalue weighted by molar-refractivity contribution is 5.93. The summed E-state index contributed by atoms with van der Waals surface area (Å²) in [4.78, 5) is 15.4. The largest absolute Gasteiger partial charge is 0.504 e. The minimum Gasteiger partial charge on any atom is -0.504 e. The standard InChI is InChI=1S/C42H50N2O8/c1-43(20-22-3-4-22)16-14-39-32-25-8-10-28(46)35(32)52-37(39)40(48,11-12-41(39,49)29(43)17-25)26-19-42(50)30-18-24-7-9-27(45)34-31(24)38(42,36(51-34)33(26)47)13-15-44(30,2)21-23-5-6-23/h7-10,22-23,26,29-30,36-37,48-50H,3-6,11-21H2,1-2H3/p+2/t26?,29-,30-,36+,37-,38+,39+,40?,41?,42-,43?,44?/m1/s1. The Balaban J connectivity index is 1.02. The molecule has 12 rings (SSSR count). The molecule has 0 amide bonds. The van der Waals surface area contributed by atoms with E-state index in [-0.39, 0.29) is 42.2 Å². The highest BCUT2D eigenvalue weighted by atomic mass is 16.5. The van der Waals surface area contributed by atoms with Gasteiger partial charge in [0, 0.05) is 48.6 Å². The van der Waals surface area contributed by atoms with Gasteiger partial charge >= 0.3 is 0 Å². The van der Waals surface area contributed by atoms with Crippen LogP contribution in [0, 0.1) is 17.8 Å². The molecule has 10 aliphatic rings. The molecule has 6 aliphatic carbocycles. The lowest BCUT2D eigenvalue weighted by molar-refractivity contribution is -0.951. The Labute approximate surface area is 304 Å². The summed E-state index contributed by atoms with van der Waals surface area (Å²) in [6.45, 7) is 3.60.